The van der Waals surface area contributed by atoms with Crippen LogP contribution in [0, 0.1) is 5.92 Å². The third-order valence-electron chi connectivity index (χ3n) is 3.73. The molecule has 2 heteroatoms. The summed E-state index contributed by atoms with van der Waals surface area (Å²) in [5, 5.41) is 0. The Bertz CT molecular complexity index is 574. The molecule has 0 amide bonds. The number of thioether (sulfide) groups is 1. The van der Waals surface area contributed by atoms with Gasteiger partial charge in [-0.05, 0) is 36.3 Å². The Balaban J connectivity index is 1.72. The molecule has 1 aliphatic rings. The van der Waals surface area contributed by atoms with Gasteiger partial charge in [0.05, 0.1) is 0 Å². The van der Waals surface area contributed by atoms with Crippen molar-refractivity contribution in [3.05, 3.63) is 65.7 Å². The molecule has 2 aromatic carbocycles. The average Bonchev–Trinajstić information content (AvgIpc) is 3.28. The van der Waals surface area contributed by atoms with E-state index in [2.05, 4.69) is 12.1 Å². The van der Waals surface area contributed by atoms with Gasteiger partial charge in [0.1, 0.15) is 0 Å². The smallest absolute Gasteiger partial charge is 0.166 e. The molecule has 1 saturated carbocycles. The number of ketones is 1. The molecule has 3 rings (SSSR count). The van der Waals surface area contributed by atoms with E-state index in [9.17, 15) is 4.79 Å². The van der Waals surface area contributed by atoms with Crippen LogP contribution >= 0.6 is 11.8 Å². The molecule has 96 valence electrons. The van der Waals surface area contributed by atoms with E-state index in [0.29, 0.717) is 11.7 Å². The van der Waals surface area contributed by atoms with Crippen LogP contribution in [-0.4, -0.2) is 12.0 Å². The van der Waals surface area contributed by atoms with Crippen LogP contribution in [0.1, 0.15) is 28.3 Å². The average molecular weight is 268 g/mol. The predicted octanol–water partition coefficient (Wildman–Crippen LogP) is 4.39. The first-order valence-electron chi connectivity index (χ1n) is 6.53. The van der Waals surface area contributed by atoms with Crippen LogP contribution in [0.15, 0.2) is 59.5 Å². The molecular formula is C17H16OS. The normalized spacial score (nSPS) is 21.1. The number of hydrogen-bond acceptors (Lipinski definition) is 2. The second-order valence-corrected chi connectivity index (χ2v) is 5.83. The van der Waals surface area contributed by atoms with Gasteiger partial charge in [-0.2, -0.15) is 0 Å². The Morgan fingerprint density at radius 1 is 1.05 bits per heavy atom. The first kappa shape index (κ1) is 12.5. The highest BCUT2D eigenvalue weighted by Gasteiger charge is 2.43. The molecule has 0 bridgehead atoms. The van der Waals surface area contributed by atoms with E-state index in [0.717, 1.165) is 12.0 Å². The van der Waals surface area contributed by atoms with Crippen molar-refractivity contribution in [2.45, 2.75) is 17.2 Å². The maximum atomic E-state index is 12.4. The molecule has 1 aliphatic carbocycles. The zero-order valence-corrected chi connectivity index (χ0v) is 11.7. The van der Waals surface area contributed by atoms with E-state index in [1.54, 1.807) is 11.8 Å². The Hall–Kier alpha value is -1.54. The van der Waals surface area contributed by atoms with Crippen LogP contribution in [-0.2, 0) is 0 Å². The number of carbonyl (C=O) groups excluding carboxylic acids is 1. The van der Waals surface area contributed by atoms with Crippen molar-refractivity contribution in [2.24, 2.45) is 5.92 Å². The summed E-state index contributed by atoms with van der Waals surface area (Å²) in [6.07, 6.45) is 3.04. The van der Waals surface area contributed by atoms with Crippen molar-refractivity contribution >= 4 is 17.5 Å². The summed E-state index contributed by atoms with van der Waals surface area (Å²) in [4.78, 5) is 13.6. The van der Waals surface area contributed by atoms with Gasteiger partial charge < -0.3 is 0 Å². The van der Waals surface area contributed by atoms with Crippen molar-refractivity contribution in [1.82, 2.24) is 0 Å². The van der Waals surface area contributed by atoms with Crippen molar-refractivity contribution in [3.63, 3.8) is 0 Å². The number of Topliss-reactive ketones (excluding diaryl/α,β-unsaturated/α-hetero) is 1. The fraction of sp³-hybridized carbons (Fsp3) is 0.235. The zero-order valence-electron chi connectivity index (χ0n) is 10.9. The van der Waals surface area contributed by atoms with Gasteiger partial charge >= 0.3 is 0 Å². The third-order valence-corrected chi connectivity index (χ3v) is 4.47. The lowest BCUT2D eigenvalue weighted by molar-refractivity contribution is 0.0965. The lowest BCUT2D eigenvalue weighted by Gasteiger charge is -2.02. The van der Waals surface area contributed by atoms with Crippen molar-refractivity contribution < 1.29 is 4.79 Å². The minimum atomic E-state index is 0.183. The Labute approximate surface area is 118 Å². The van der Waals surface area contributed by atoms with Gasteiger partial charge in [0.15, 0.2) is 5.78 Å². The van der Waals surface area contributed by atoms with E-state index < -0.39 is 0 Å². The van der Waals surface area contributed by atoms with Gasteiger partial charge in [-0.25, -0.2) is 0 Å². The van der Waals surface area contributed by atoms with E-state index >= 15 is 0 Å². The Kier molecular flexibility index (Phi) is 3.43. The molecule has 1 fully saturated rings. The topological polar surface area (TPSA) is 17.1 Å². The van der Waals surface area contributed by atoms with Gasteiger partial charge in [-0.1, -0.05) is 42.5 Å². The third kappa shape index (κ3) is 2.59. The van der Waals surface area contributed by atoms with Gasteiger partial charge in [-0.15, -0.1) is 11.8 Å². The second-order valence-electron chi connectivity index (χ2n) is 4.95. The summed E-state index contributed by atoms with van der Waals surface area (Å²) in [6, 6.07) is 18.3. The SMILES string of the molecule is CSc1ccc(C(=O)C2CC2c2ccccc2)cc1. The molecule has 0 N–H and O–H groups in total. The molecule has 2 unspecified atom stereocenters. The predicted molar refractivity (Wildman–Crippen MR) is 79.8 cm³/mol. The number of carbonyl (C=O) groups is 1. The molecule has 0 radical (unpaired) electrons. The first-order chi connectivity index (χ1) is 9.29. The standard InChI is InChI=1S/C17H16OS/c1-19-14-9-7-13(8-10-14)17(18)16-11-15(16)12-5-3-2-4-6-12/h2-10,15-16H,11H2,1H3. The number of benzene rings is 2. The summed E-state index contributed by atoms with van der Waals surface area (Å²) in [6.45, 7) is 0. The summed E-state index contributed by atoms with van der Waals surface area (Å²) < 4.78 is 0. The van der Waals surface area contributed by atoms with Gasteiger partial charge in [0.25, 0.3) is 0 Å². The number of hydrogen-bond donors (Lipinski definition) is 0. The van der Waals surface area contributed by atoms with Gasteiger partial charge in [-0.3, -0.25) is 4.79 Å². The van der Waals surface area contributed by atoms with Gasteiger partial charge in [0.2, 0.25) is 0 Å². The zero-order chi connectivity index (χ0) is 13.2. The molecule has 2 aromatic rings. The number of rotatable bonds is 4. The minimum Gasteiger partial charge on any atom is -0.294 e. The molecule has 19 heavy (non-hydrogen) atoms. The lowest BCUT2D eigenvalue weighted by atomic mass is 10.0. The monoisotopic (exact) mass is 268 g/mol. The highest BCUT2D eigenvalue weighted by Crippen LogP contribution is 2.49. The molecule has 1 nitrogen and oxygen atoms in total. The minimum absolute atomic E-state index is 0.183. The summed E-state index contributed by atoms with van der Waals surface area (Å²) in [7, 11) is 0. The van der Waals surface area contributed by atoms with Crippen LogP contribution in [0.2, 0.25) is 0 Å². The molecule has 0 aromatic heterocycles. The molecular weight excluding hydrogens is 252 g/mol. The van der Waals surface area contributed by atoms with E-state index in [1.165, 1.54) is 10.5 Å². The van der Waals surface area contributed by atoms with Crippen molar-refractivity contribution in [3.8, 4) is 0 Å². The van der Waals surface area contributed by atoms with Crippen molar-refractivity contribution in [2.75, 3.05) is 6.26 Å². The van der Waals surface area contributed by atoms with E-state index in [-0.39, 0.29) is 5.92 Å². The van der Waals surface area contributed by atoms with E-state index in [1.807, 2.05) is 48.7 Å². The highest BCUT2D eigenvalue weighted by atomic mass is 32.2. The van der Waals surface area contributed by atoms with E-state index in [4.69, 9.17) is 0 Å². The molecule has 0 heterocycles. The van der Waals surface area contributed by atoms with Crippen LogP contribution < -0.4 is 0 Å². The maximum absolute atomic E-state index is 12.4. The molecule has 0 saturated heterocycles. The molecule has 2 atom stereocenters. The van der Waals surface area contributed by atoms with Crippen LogP contribution in [0.5, 0.6) is 0 Å². The van der Waals surface area contributed by atoms with Crippen LogP contribution in [0.4, 0.5) is 0 Å². The maximum Gasteiger partial charge on any atom is 0.166 e. The van der Waals surface area contributed by atoms with Gasteiger partial charge in [0, 0.05) is 16.4 Å². The lowest BCUT2D eigenvalue weighted by Crippen LogP contribution is -2.02. The van der Waals surface area contributed by atoms with Crippen molar-refractivity contribution in [1.29, 1.82) is 0 Å². The second kappa shape index (κ2) is 5.22. The Morgan fingerprint density at radius 2 is 1.74 bits per heavy atom. The fourth-order valence-corrected chi connectivity index (χ4v) is 2.93. The van der Waals surface area contributed by atoms with Crippen LogP contribution in [0.3, 0.4) is 0 Å². The first-order valence-corrected chi connectivity index (χ1v) is 7.75. The summed E-state index contributed by atoms with van der Waals surface area (Å²) in [5.74, 6) is 0.901. The largest absolute Gasteiger partial charge is 0.294 e. The Morgan fingerprint density at radius 3 is 2.37 bits per heavy atom. The highest BCUT2D eigenvalue weighted by molar-refractivity contribution is 7.98. The fourth-order valence-electron chi connectivity index (χ4n) is 2.52. The quantitative estimate of drug-likeness (QED) is 0.604. The summed E-state index contributed by atoms with van der Waals surface area (Å²) >= 11 is 1.70. The molecule has 0 aliphatic heterocycles. The summed E-state index contributed by atoms with van der Waals surface area (Å²) in [5.41, 5.74) is 2.14. The molecule has 0 spiro atoms. The van der Waals surface area contributed by atoms with Crippen LogP contribution in [0.25, 0.3) is 0 Å².